The van der Waals surface area contributed by atoms with Gasteiger partial charge in [-0.15, -0.1) is 0 Å². The molecule has 138 valence electrons. The van der Waals surface area contributed by atoms with Crippen molar-refractivity contribution in [2.24, 2.45) is 0 Å². The van der Waals surface area contributed by atoms with Gasteiger partial charge in [-0.2, -0.15) is 0 Å². The molecular formula is C21H30O4. The number of aryl methyl sites for hydroxylation is 1. The van der Waals surface area contributed by atoms with Gasteiger partial charge in [0.2, 0.25) is 0 Å². The first kappa shape index (κ1) is 18.3. The molecule has 0 saturated heterocycles. The Balaban J connectivity index is 2.05. The standard InChI is InChI=1S/C21H30O4/c1-5-6-7-8-13-9-16(22)19-14-12-21(4,24)18(23)11-15(14)20(2,3)25-17(19)10-13/h9-10,18,22-24H,5-8,11-12H2,1-4H3. The average Bonchev–Trinajstić information content (AvgIpc) is 2.48. The SMILES string of the molecule is CCCCCc1cc(O)c2c(c1)OC(C)(C)C1=C2CC(C)(O)C(O)C1. The number of rotatable bonds is 4. The van der Waals surface area contributed by atoms with Gasteiger partial charge in [-0.25, -0.2) is 0 Å². The number of ether oxygens (including phenoxy) is 1. The Kier molecular flexibility index (Phi) is 4.63. The Hall–Kier alpha value is -1.52. The van der Waals surface area contributed by atoms with Gasteiger partial charge in [0.25, 0.3) is 0 Å². The quantitative estimate of drug-likeness (QED) is 0.722. The molecule has 1 aliphatic heterocycles. The van der Waals surface area contributed by atoms with Gasteiger partial charge >= 0.3 is 0 Å². The first-order chi connectivity index (χ1) is 11.7. The van der Waals surface area contributed by atoms with Crippen LogP contribution in [0.2, 0.25) is 0 Å². The summed E-state index contributed by atoms with van der Waals surface area (Å²) < 4.78 is 6.22. The van der Waals surface area contributed by atoms with E-state index in [0.717, 1.165) is 36.0 Å². The van der Waals surface area contributed by atoms with Crippen molar-refractivity contribution < 1.29 is 20.1 Å². The summed E-state index contributed by atoms with van der Waals surface area (Å²) >= 11 is 0. The largest absolute Gasteiger partial charge is 0.507 e. The van der Waals surface area contributed by atoms with Crippen LogP contribution in [0.4, 0.5) is 0 Å². The molecule has 1 aromatic rings. The summed E-state index contributed by atoms with van der Waals surface area (Å²) in [6.45, 7) is 7.80. The molecule has 4 heteroatoms. The highest BCUT2D eigenvalue weighted by atomic mass is 16.5. The minimum atomic E-state index is -1.20. The minimum absolute atomic E-state index is 0.208. The second-order valence-corrected chi connectivity index (χ2v) is 8.27. The van der Waals surface area contributed by atoms with Gasteiger partial charge in [0, 0.05) is 12.8 Å². The zero-order chi connectivity index (χ0) is 18.4. The Morgan fingerprint density at radius 2 is 1.92 bits per heavy atom. The monoisotopic (exact) mass is 346 g/mol. The third-order valence-corrected chi connectivity index (χ3v) is 5.62. The van der Waals surface area contributed by atoms with Crippen LogP contribution in [0.3, 0.4) is 0 Å². The number of phenolic OH excluding ortho intramolecular Hbond substituents is 1. The fourth-order valence-electron chi connectivity index (χ4n) is 4.07. The van der Waals surface area contributed by atoms with Crippen LogP contribution in [0.1, 0.15) is 70.9 Å². The summed E-state index contributed by atoms with van der Waals surface area (Å²) in [5.74, 6) is 0.890. The van der Waals surface area contributed by atoms with Crippen molar-refractivity contribution >= 4 is 5.57 Å². The first-order valence-electron chi connectivity index (χ1n) is 9.34. The topological polar surface area (TPSA) is 69.9 Å². The first-order valence-corrected chi connectivity index (χ1v) is 9.34. The van der Waals surface area contributed by atoms with E-state index in [1.165, 1.54) is 6.42 Å². The van der Waals surface area contributed by atoms with Crippen molar-refractivity contribution in [1.29, 1.82) is 0 Å². The van der Waals surface area contributed by atoms with Gasteiger partial charge in [0.15, 0.2) is 0 Å². The number of unbranched alkanes of at least 4 members (excludes halogenated alkanes) is 2. The lowest BCUT2D eigenvalue weighted by Crippen LogP contribution is -2.47. The van der Waals surface area contributed by atoms with Gasteiger partial charge in [-0.05, 0) is 62.5 Å². The van der Waals surface area contributed by atoms with E-state index in [1.807, 2.05) is 26.0 Å². The van der Waals surface area contributed by atoms with Crippen LogP contribution in [0, 0.1) is 0 Å². The average molecular weight is 346 g/mol. The number of hydrogen-bond donors (Lipinski definition) is 3. The summed E-state index contributed by atoms with van der Waals surface area (Å²) in [5, 5.41) is 31.5. The van der Waals surface area contributed by atoms with Crippen LogP contribution in [-0.2, 0) is 6.42 Å². The molecule has 1 aromatic carbocycles. The maximum absolute atomic E-state index is 10.7. The normalized spacial score (nSPS) is 27.5. The van der Waals surface area contributed by atoms with Crippen LogP contribution in [0.25, 0.3) is 5.57 Å². The Morgan fingerprint density at radius 3 is 2.60 bits per heavy atom. The lowest BCUT2D eigenvalue weighted by atomic mass is 9.71. The molecule has 2 unspecified atom stereocenters. The molecule has 3 rings (SSSR count). The smallest absolute Gasteiger partial charge is 0.132 e. The van der Waals surface area contributed by atoms with E-state index in [-0.39, 0.29) is 5.75 Å². The third kappa shape index (κ3) is 3.30. The summed E-state index contributed by atoms with van der Waals surface area (Å²) in [6.07, 6.45) is 4.17. The second-order valence-electron chi connectivity index (χ2n) is 8.27. The number of hydrogen-bond acceptors (Lipinski definition) is 4. The summed E-state index contributed by atoms with van der Waals surface area (Å²) in [5.41, 5.74) is 1.88. The highest BCUT2D eigenvalue weighted by Gasteiger charge is 2.46. The van der Waals surface area contributed by atoms with Gasteiger partial charge in [-0.1, -0.05) is 19.8 Å². The predicted octanol–water partition coefficient (Wildman–Crippen LogP) is 3.96. The maximum Gasteiger partial charge on any atom is 0.132 e. The third-order valence-electron chi connectivity index (χ3n) is 5.62. The van der Waals surface area contributed by atoms with Crippen molar-refractivity contribution in [3.05, 3.63) is 28.8 Å². The molecule has 25 heavy (non-hydrogen) atoms. The molecule has 0 fully saturated rings. The highest BCUT2D eigenvalue weighted by Crippen LogP contribution is 2.52. The van der Waals surface area contributed by atoms with Crippen molar-refractivity contribution in [1.82, 2.24) is 0 Å². The molecule has 0 amide bonds. The molecule has 2 atom stereocenters. The van der Waals surface area contributed by atoms with Gasteiger partial charge in [0.05, 0.1) is 17.3 Å². The van der Waals surface area contributed by atoms with Crippen LogP contribution in [0.5, 0.6) is 11.5 Å². The van der Waals surface area contributed by atoms with Crippen molar-refractivity contribution in [2.75, 3.05) is 0 Å². The zero-order valence-electron chi connectivity index (χ0n) is 15.7. The molecular weight excluding hydrogens is 316 g/mol. The van der Waals surface area contributed by atoms with Crippen LogP contribution < -0.4 is 4.74 Å². The number of aliphatic hydroxyl groups excluding tert-OH is 1. The number of benzene rings is 1. The van der Waals surface area contributed by atoms with E-state index in [9.17, 15) is 15.3 Å². The molecule has 0 saturated carbocycles. The Labute approximate surface area is 150 Å². The maximum atomic E-state index is 10.7. The summed E-state index contributed by atoms with van der Waals surface area (Å²) in [7, 11) is 0. The molecule has 0 bridgehead atoms. The van der Waals surface area contributed by atoms with Crippen molar-refractivity contribution in [3.8, 4) is 11.5 Å². The van der Waals surface area contributed by atoms with Crippen molar-refractivity contribution in [2.45, 2.75) is 83.5 Å². The van der Waals surface area contributed by atoms with Gasteiger partial charge in [-0.3, -0.25) is 0 Å². The molecule has 2 aliphatic rings. The lowest BCUT2D eigenvalue weighted by Gasteiger charge is -2.45. The molecule has 0 spiro atoms. The lowest BCUT2D eigenvalue weighted by molar-refractivity contribution is -0.0661. The minimum Gasteiger partial charge on any atom is -0.507 e. The Bertz CT molecular complexity index is 700. The van der Waals surface area contributed by atoms with E-state index in [1.54, 1.807) is 6.92 Å². The molecule has 4 nitrogen and oxygen atoms in total. The molecule has 0 radical (unpaired) electrons. The van der Waals surface area contributed by atoms with E-state index < -0.39 is 17.3 Å². The van der Waals surface area contributed by atoms with E-state index in [4.69, 9.17) is 4.74 Å². The molecule has 1 heterocycles. The predicted molar refractivity (Wildman–Crippen MR) is 98.8 cm³/mol. The fraction of sp³-hybridized carbons (Fsp3) is 0.619. The number of aliphatic hydroxyl groups is 2. The highest BCUT2D eigenvalue weighted by molar-refractivity contribution is 5.82. The molecule has 3 N–H and O–H groups in total. The van der Waals surface area contributed by atoms with E-state index in [2.05, 4.69) is 6.92 Å². The fourth-order valence-corrected chi connectivity index (χ4v) is 4.07. The Morgan fingerprint density at radius 1 is 1.20 bits per heavy atom. The van der Waals surface area contributed by atoms with E-state index in [0.29, 0.717) is 24.2 Å². The van der Waals surface area contributed by atoms with Gasteiger partial charge in [0.1, 0.15) is 17.1 Å². The van der Waals surface area contributed by atoms with Gasteiger partial charge < -0.3 is 20.1 Å². The van der Waals surface area contributed by atoms with Crippen LogP contribution >= 0.6 is 0 Å². The zero-order valence-corrected chi connectivity index (χ0v) is 15.7. The molecule has 1 aliphatic carbocycles. The summed E-state index contributed by atoms with van der Waals surface area (Å²) in [6, 6.07) is 3.84. The second kappa shape index (κ2) is 6.33. The van der Waals surface area contributed by atoms with Crippen LogP contribution in [0.15, 0.2) is 17.7 Å². The number of fused-ring (bicyclic) bond motifs is 2. The van der Waals surface area contributed by atoms with Crippen LogP contribution in [-0.4, -0.2) is 32.6 Å². The number of phenols is 1. The molecule has 0 aromatic heterocycles. The van der Waals surface area contributed by atoms with E-state index >= 15 is 0 Å². The van der Waals surface area contributed by atoms with Crippen molar-refractivity contribution in [3.63, 3.8) is 0 Å². The number of aromatic hydroxyl groups is 1. The summed E-state index contributed by atoms with van der Waals surface area (Å²) in [4.78, 5) is 0.